The van der Waals surface area contributed by atoms with E-state index in [1.807, 2.05) is 20.2 Å². The third-order valence-electron chi connectivity index (χ3n) is 3.70. The summed E-state index contributed by atoms with van der Waals surface area (Å²) in [5.74, 6) is 0.869. The van der Waals surface area contributed by atoms with Crippen molar-refractivity contribution in [3.63, 3.8) is 0 Å². The molecule has 2 aromatic heterocycles. The average Bonchev–Trinajstić information content (AvgIpc) is 3.10. The minimum Gasteiger partial charge on any atom is -0.352 e. The highest BCUT2D eigenvalue weighted by atomic mass is 79.9. The molecule has 0 atom stereocenters. The molecule has 0 spiro atoms. The number of hydrogen-bond acceptors (Lipinski definition) is 4. The number of halogens is 1. The molecule has 0 aliphatic heterocycles. The van der Waals surface area contributed by atoms with Gasteiger partial charge in [-0.15, -0.1) is 5.10 Å². The first-order valence-corrected chi connectivity index (χ1v) is 8.10. The number of rotatable bonds is 5. The monoisotopic (exact) mass is 376 g/mol. The number of amides is 1. The van der Waals surface area contributed by atoms with Gasteiger partial charge in [-0.05, 0) is 41.4 Å². The number of aromatic nitrogens is 5. The molecule has 0 unspecified atom stereocenters. The number of imidazole rings is 1. The number of nitrogens with zero attached hydrogens (tertiary/aromatic N) is 5. The lowest BCUT2D eigenvalue weighted by molar-refractivity contribution is 0.0953. The van der Waals surface area contributed by atoms with Crippen LogP contribution in [0.2, 0.25) is 0 Å². The van der Waals surface area contributed by atoms with E-state index in [9.17, 15) is 4.79 Å². The molecule has 23 heavy (non-hydrogen) atoms. The lowest BCUT2D eigenvalue weighted by Gasteiger charge is -2.08. The smallest absolute Gasteiger partial charge is 0.251 e. The van der Waals surface area contributed by atoms with Gasteiger partial charge in [-0.3, -0.25) is 4.79 Å². The van der Waals surface area contributed by atoms with Crippen molar-refractivity contribution in [1.29, 1.82) is 0 Å². The summed E-state index contributed by atoms with van der Waals surface area (Å²) in [6.07, 6.45) is 4.56. The highest BCUT2D eigenvalue weighted by Crippen LogP contribution is 2.23. The molecule has 0 radical (unpaired) electrons. The fourth-order valence-corrected chi connectivity index (χ4v) is 3.17. The minimum absolute atomic E-state index is 0.111. The van der Waals surface area contributed by atoms with Crippen molar-refractivity contribution >= 4 is 32.9 Å². The van der Waals surface area contributed by atoms with Gasteiger partial charge >= 0.3 is 0 Å². The normalized spacial score (nSPS) is 11.1. The van der Waals surface area contributed by atoms with Crippen LogP contribution in [0.15, 0.2) is 29.0 Å². The zero-order chi connectivity index (χ0) is 16.4. The predicted octanol–water partition coefficient (Wildman–Crippen LogP) is 2.06. The van der Waals surface area contributed by atoms with Crippen molar-refractivity contribution in [3.8, 4) is 0 Å². The summed E-state index contributed by atoms with van der Waals surface area (Å²) in [5.41, 5.74) is 2.14. The van der Waals surface area contributed by atoms with Gasteiger partial charge in [0.05, 0.1) is 0 Å². The summed E-state index contributed by atoms with van der Waals surface area (Å²) in [5, 5.41) is 11.0. The van der Waals surface area contributed by atoms with Gasteiger partial charge in [0.25, 0.3) is 5.91 Å². The van der Waals surface area contributed by atoms with Crippen molar-refractivity contribution in [2.75, 3.05) is 6.54 Å². The number of carbonyl (C=O) groups is 1. The fourth-order valence-electron chi connectivity index (χ4n) is 2.47. The number of fused-ring (bicyclic) bond motifs is 1. The molecule has 120 valence electrons. The molecule has 0 fully saturated rings. The van der Waals surface area contributed by atoms with Crippen LogP contribution in [0.1, 0.15) is 22.6 Å². The topological polar surface area (TPSA) is 77.6 Å². The van der Waals surface area contributed by atoms with E-state index in [0.29, 0.717) is 17.6 Å². The van der Waals surface area contributed by atoms with Gasteiger partial charge in [-0.2, -0.15) is 0 Å². The van der Waals surface area contributed by atoms with Crippen LogP contribution in [0.4, 0.5) is 0 Å². The number of carbonyl (C=O) groups excluding carboxylic acids is 1. The van der Waals surface area contributed by atoms with Gasteiger partial charge in [-0.1, -0.05) is 5.21 Å². The van der Waals surface area contributed by atoms with Crippen LogP contribution < -0.4 is 5.32 Å². The van der Waals surface area contributed by atoms with Crippen LogP contribution in [0.3, 0.4) is 0 Å². The standard InChI is InChI=1S/C15H17BrN6O/c1-10-17-5-7-22(10)6-3-4-18-15(23)11-8-12(16)14-13(9-11)19-20-21(14)2/h5,7-9H,3-4,6H2,1-2H3,(H,18,23). The van der Waals surface area contributed by atoms with Crippen LogP contribution in [-0.2, 0) is 13.6 Å². The SMILES string of the molecule is Cc1nccn1CCCNC(=O)c1cc(Br)c2c(c1)nnn2C. The van der Waals surface area contributed by atoms with E-state index in [4.69, 9.17) is 0 Å². The second-order valence-corrected chi connectivity index (χ2v) is 6.17. The van der Waals surface area contributed by atoms with Crippen molar-refractivity contribution in [2.45, 2.75) is 19.9 Å². The molecule has 0 bridgehead atoms. The van der Waals surface area contributed by atoms with Crippen molar-refractivity contribution in [1.82, 2.24) is 29.9 Å². The molecule has 3 aromatic rings. The maximum absolute atomic E-state index is 12.3. The fraction of sp³-hybridized carbons (Fsp3) is 0.333. The first-order chi connectivity index (χ1) is 11.1. The predicted molar refractivity (Wildman–Crippen MR) is 90.1 cm³/mol. The molecule has 7 nitrogen and oxygen atoms in total. The van der Waals surface area contributed by atoms with E-state index in [1.54, 1.807) is 23.0 Å². The summed E-state index contributed by atoms with van der Waals surface area (Å²) in [6.45, 7) is 3.40. The lowest BCUT2D eigenvalue weighted by atomic mass is 10.2. The molecular weight excluding hydrogens is 360 g/mol. The summed E-state index contributed by atoms with van der Waals surface area (Å²) in [4.78, 5) is 16.4. The average molecular weight is 377 g/mol. The molecule has 8 heteroatoms. The Morgan fingerprint density at radius 2 is 2.22 bits per heavy atom. The van der Waals surface area contributed by atoms with E-state index >= 15 is 0 Å². The zero-order valence-corrected chi connectivity index (χ0v) is 14.5. The Labute approximate surface area is 141 Å². The number of aryl methyl sites for hydroxylation is 3. The van der Waals surface area contributed by atoms with Crippen molar-refractivity contribution < 1.29 is 4.79 Å². The summed E-state index contributed by atoms with van der Waals surface area (Å²) < 4.78 is 4.55. The minimum atomic E-state index is -0.111. The van der Waals surface area contributed by atoms with Gasteiger partial charge in [-0.25, -0.2) is 9.67 Å². The van der Waals surface area contributed by atoms with Crippen LogP contribution in [0.5, 0.6) is 0 Å². The molecular formula is C15H17BrN6O. The number of hydrogen-bond donors (Lipinski definition) is 1. The molecule has 1 aromatic carbocycles. The van der Waals surface area contributed by atoms with Gasteiger partial charge < -0.3 is 9.88 Å². The molecule has 0 saturated carbocycles. The third-order valence-corrected chi connectivity index (χ3v) is 4.31. The summed E-state index contributed by atoms with van der Waals surface area (Å²) >= 11 is 3.47. The quantitative estimate of drug-likeness (QED) is 0.691. The molecule has 0 aliphatic rings. The molecule has 3 rings (SSSR count). The Morgan fingerprint density at radius 1 is 1.39 bits per heavy atom. The maximum atomic E-state index is 12.3. The van der Waals surface area contributed by atoms with E-state index in [1.165, 1.54) is 0 Å². The molecule has 1 N–H and O–H groups in total. The Bertz CT molecular complexity index is 853. The van der Waals surface area contributed by atoms with Gasteiger partial charge in [0.2, 0.25) is 0 Å². The van der Waals surface area contributed by atoms with Gasteiger partial charge in [0, 0.05) is 42.6 Å². The highest BCUT2D eigenvalue weighted by molar-refractivity contribution is 9.10. The van der Waals surface area contributed by atoms with E-state index in [0.717, 1.165) is 28.8 Å². The lowest BCUT2D eigenvalue weighted by Crippen LogP contribution is -2.25. The van der Waals surface area contributed by atoms with Crippen LogP contribution in [-0.4, -0.2) is 37.0 Å². The Morgan fingerprint density at radius 3 is 2.96 bits per heavy atom. The highest BCUT2D eigenvalue weighted by Gasteiger charge is 2.12. The Hall–Kier alpha value is -2.22. The van der Waals surface area contributed by atoms with Crippen LogP contribution >= 0.6 is 15.9 Å². The summed E-state index contributed by atoms with van der Waals surface area (Å²) in [6, 6.07) is 3.55. The van der Waals surface area contributed by atoms with Gasteiger partial charge in [0.15, 0.2) is 0 Å². The molecule has 2 heterocycles. The third kappa shape index (κ3) is 3.26. The molecule has 0 aliphatic carbocycles. The largest absolute Gasteiger partial charge is 0.352 e. The molecule has 1 amide bonds. The first-order valence-electron chi connectivity index (χ1n) is 7.31. The number of nitrogens with one attached hydrogen (secondary N) is 1. The van der Waals surface area contributed by atoms with E-state index < -0.39 is 0 Å². The van der Waals surface area contributed by atoms with E-state index in [2.05, 4.69) is 41.1 Å². The Balaban J connectivity index is 1.61. The summed E-state index contributed by atoms with van der Waals surface area (Å²) in [7, 11) is 1.82. The number of benzene rings is 1. The maximum Gasteiger partial charge on any atom is 0.251 e. The van der Waals surface area contributed by atoms with Gasteiger partial charge in [0.1, 0.15) is 16.9 Å². The zero-order valence-electron chi connectivity index (χ0n) is 13.0. The Kier molecular flexibility index (Phi) is 4.42. The second kappa shape index (κ2) is 6.49. The molecule has 0 saturated heterocycles. The van der Waals surface area contributed by atoms with Crippen LogP contribution in [0, 0.1) is 6.92 Å². The second-order valence-electron chi connectivity index (χ2n) is 5.32. The first kappa shape index (κ1) is 15.7. The van der Waals surface area contributed by atoms with Crippen molar-refractivity contribution in [2.24, 2.45) is 7.05 Å². The van der Waals surface area contributed by atoms with Crippen molar-refractivity contribution in [3.05, 3.63) is 40.4 Å². The van der Waals surface area contributed by atoms with Crippen LogP contribution in [0.25, 0.3) is 11.0 Å². The van der Waals surface area contributed by atoms with E-state index in [-0.39, 0.29) is 5.91 Å².